The predicted octanol–water partition coefficient (Wildman–Crippen LogP) is 11.9. The average molecular weight is 673 g/mol. The van der Waals surface area contributed by atoms with Gasteiger partial charge in [-0.3, -0.25) is 4.57 Å². The quantitative estimate of drug-likeness (QED) is 0.161. The van der Waals surface area contributed by atoms with Gasteiger partial charge >= 0.3 is 0 Å². The van der Waals surface area contributed by atoms with Crippen molar-refractivity contribution in [3.8, 4) is 39.9 Å². The molecule has 0 radical (unpaired) electrons. The van der Waals surface area contributed by atoms with Crippen molar-refractivity contribution in [3.63, 3.8) is 0 Å². The van der Waals surface area contributed by atoms with Crippen LogP contribution in [0.5, 0.6) is 17.2 Å². The zero-order chi connectivity index (χ0) is 34.1. The van der Waals surface area contributed by atoms with Gasteiger partial charge < -0.3 is 9.47 Å². The number of methoxy groups -OCH3 is 1. The first kappa shape index (κ1) is 31.6. The van der Waals surface area contributed by atoms with E-state index < -0.39 is 0 Å². The maximum atomic E-state index is 6.57. The predicted molar refractivity (Wildman–Crippen MR) is 206 cm³/mol. The number of para-hydroxylation sites is 1. The largest absolute Gasteiger partial charge is 0.497 e. The number of nitrogens with zero attached hydrogens (tertiary/aromatic N) is 4. The van der Waals surface area contributed by atoms with E-state index in [0.29, 0.717) is 11.8 Å². The fourth-order valence-electron chi connectivity index (χ4n) is 8.76. The van der Waals surface area contributed by atoms with Gasteiger partial charge in [0.15, 0.2) is 0 Å². The van der Waals surface area contributed by atoms with E-state index in [-0.39, 0.29) is 0 Å². The summed E-state index contributed by atoms with van der Waals surface area (Å²) in [5.74, 6) is 4.34. The van der Waals surface area contributed by atoms with Crippen LogP contribution in [-0.2, 0) is 0 Å². The van der Waals surface area contributed by atoms with Crippen LogP contribution in [0, 0.1) is 0 Å². The summed E-state index contributed by atoms with van der Waals surface area (Å²) in [6, 6.07) is 33.9. The highest BCUT2D eigenvalue weighted by Crippen LogP contribution is 2.45. The number of pyridine rings is 1. The highest BCUT2D eigenvalue weighted by Gasteiger charge is 2.26. The normalized spacial score (nSPS) is 15.8. The molecule has 0 bridgehead atoms. The van der Waals surface area contributed by atoms with Crippen LogP contribution < -0.4 is 9.47 Å². The van der Waals surface area contributed by atoms with Crippen LogP contribution in [0.4, 0.5) is 0 Å². The molecule has 7 aromatic rings. The van der Waals surface area contributed by atoms with E-state index in [2.05, 4.69) is 83.7 Å². The third-order valence-corrected chi connectivity index (χ3v) is 11.2. The van der Waals surface area contributed by atoms with E-state index in [1.54, 1.807) is 13.3 Å². The molecule has 0 unspecified atom stereocenters. The van der Waals surface area contributed by atoms with Gasteiger partial charge in [-0.25, -0.2) is 9.67 Å². The maximum absolute atomic E-state index is 6.57. The molecule has 4 aromatic carbocycles. The Balaban J connectivity index is 1.06. The molecule has 0 spiro atoms. The monoisotopic (exact) mass is 672 g/mol. The Morgan fingerprint density at radius 3 is 2.10 bits per heavy atom. The molecule has 0 saturated heterocycles. The number of ether oxygens (including phenoxy) is 2. The van der Waals surface area contributed by atoms with Crippen LogP contribution in [0.15, 0.2) is 116 Å². The van der Waals surface area contributed by atoms with Crippen LogP contribution >= 0.6 is 0 Å². The molecule has 2 aliphatic rings. The fourth-order valence-corrected chi connectivity index (χ4v) is 8.76. The summed E-state index contributed by atoms with van der Waals surface area (Å²) < 4.78 is 16.3. The summed E-state index contributed by atoms with van der Waals surface area (Å²) in [7, 11) is 1.68. The Morgan fingerprint density at radius 1 is 0.627 bits per heavy atom. The first-order valence-electron chi connectivity index (χ1n) is 18.7. The van der Waals surface area contributed by atoms with Crippen LogP contribution in [0.1, 0.15) is 87.2 Å². The zero-order valence-corrected chi connectivity index (χ0v) is 29.3. The summed E-state index contributed by atoms with van der Waals surface area (Å²) in [6.45, 7) is 0. The molecular weight excluding hydrogens is 629 g/mol. The summed E-state index contributed by atoms with van der Waals surface area (Å²) in [6.07, 6.45) is 19.3. The van der Waals surface area contributed by atoms with Crippen LogP contribution in [0.2, 0.25) is 0 Å². The van der Waals surface area contributed by atoms with Crippen molar-refractivity contribution < 1.29 is 9.47 Å². The van der Waals surface area contributed by atoms with Crippen LogP contribution in [0.25, 0.3) is 44.4 Å². The molecule has 3 heterocycles. The molecule has 9 rings (SSSR count). The SMILES string of the molecule is COc1ccnc(-n2c3ccccc3c3ccc(Oc4cccc(-n5cc(-c6c(C7CCCCC7)cccc6C6CCCCC6)cn5)c4)cc32)c1. The number of fused-ring (bicyclic) bond motifs is 3. The Hall–Kier alpha value is -5.36. The molecule has 2 saturated carbocycles. The molecule has 2 fully saturated rings. The Kier molecular flexibility index (Phi) is 8.52. The average Bonchev–Trinajstić information content (AvgIpc) is 3.82. The van der Waals surface area contributed by atoms with Gasteiger partial charge in [0.25, 0.3) is 0 Å². The molecule has 3 aromatic heterocycles. The lowest BCUT2D eigenvalue weighted by molar-refractivity contribution is 0.414. The minimum atomic E-state index is 0.633. The molecule has 6 nitrogen and oxygen atoms in total. The van der Waals surface area contributed by atoms with Gasteiger partial charge in [-0.15, -0.1) is 0 Å². The second-order valence-corrected chi connectivity index (χ2v) is 14.3. The molecule has 0 amide bonds. The minimum absolute atomic E-state index is 0.633. The van der Waals surface area contributed by atoms with Gasteiger partial charge in [-0.05, 0) is 90.6 Å². The highest BCUT2D eigenvalue weighted by molar-refractivity contribution is 6.09. The van der Waals surface area contributed by atoms with Crippen molar-refractivity contribution in [1.82, 2.24) is 19.3 Å². The third-order valence-electron chi connectivity index (χ3n) is 11.2. The van der Waals surface area contributed by atoms with Crippen molar-refractivity contribution in [2.45, 2.75) is 76.0 Å². The molecule has 0 atom stereocenters. The van der Waals surface area contributed by atoms with Gasteiger partial charge in [-0.1, -0.05) is 81.0 Å². The molecule has 6 heteroatoms. The van der Waals surface area contributed by atoms with E-state index in [4.69, 9.17) is 19.6 Å². The van der Waals surface area contributed by atoms with Crippen molar-refractivity contribution in [2.24, 2.45) is 0 Å². The van der Waals surface area contributed by atoms with E-state index in [1.165, 1.54) is 86.5 Å². The molecule has 2 aliphatic carbocycles. The van der Waals surface area contributed by atoms with E-state index >= 15 is 0 Å². The first-order chi connectivity index (χ1) is 25.2. The van der Waals surface area contributed by atoms with E-state index in [1.807, 2.05) is 35.0 Å². The van der Waals surface area contributed by atoms with Crippen LogP contribution in [0.3, 0.4) is 0 Å². The minimum Gasteiger partial charge on any atom is -0.497 e. The topological polar surface area (TPSA) is 54.1 Å². The van der Waals surface area contributed by atoms with Crippen molar-refractivity contribution >= 4 is 21.8 Å². The number of aromatic nitrogens is 4. The van der Waals surface area contributed by atoms with E-state index in [9.17, 15) is 0 Å². The summed E-state index contributed by atoms with van der Waals surface area (Å²) in [4.78, 5) is 4.71. The first-order valence-corrected chi connectivity index (χ1v) is 18.7. The third kappa shape index (κ3) is 6.07. The number of benzene rings is 4. The number of hydrogen-bond acceptors (Lipinski definition) is 4. The molecule has 256 valence electrons. The van der Waals surface area contributed by atoms with Crippen molar-refractivity contribution in [2.75, 3.05) is 7.11 Å². The molecule has 51 heavy (non-hydrogen) atoms. The lowest BCUT2D eigenvalue weighted by atomic mass is 9.75. The van der Waals surface area contributed by atoms with Crippen LogP contribution in [-0.4, -0.2) is 26.4 Å². The Morgan fingerprint density at radius 2 is 1.33 bits per heavy atom. The second-order valence-electron chi connectivity index (χ2n) is 14.3. The van der Waals surface area contributed by atoms with E-state index in [0.717, 1.165) is 50.6 Å². The summed E-state index contributed by atoms with van der Waals surface area (Å²) in [5, 5.41) is 7.25. The summed E-state index contributed by atoms with van der Waals surface area (Å²) in [5.41, 5.74) is 8.82. The van der Waals surface area contributed by atoms with Gasteiger partial charge in [0, 0.05) is 46.9 Å². The Labute approximate surface area is 299 Å². The molecule has 0 aliphatic heterocycles. The maximum Gasteiger partial charge on any atom is 0.141 e. The lowest BCUT2D eigenvalue weighted by Gasteiger charge is -2.29. The Bertz CT molecular complexity index is 2290. The second kappa shape index (κ2) is 13.7. The summed E-state index contributed by atoms with van der Waals surface area (Å²) >= 11 is 0. The number of rotatable bonds is 8. The zero-order valence-electron chi connectivity index (χ0n) is 29.3. The molecule has 0 N–H and O–H groups in total. The lowest BCUT2D eigenvalue weighted by Crippen LogP contribution is -2.11. The van der Waals surface area contributed by atoms with Gasteiger partial charge in [0.1, 0.15) is 23.1 Å². The van der Waals surface area contributed by atoms with Crippen molar-refractivity contribution in [3.05, 3.63) is 127 Å². The fraction of sp³-hybridized carbons (Fsp3) is 0.289. The highest BCUT2D eigenvalue weighted by atomic mass is 16.5. The molecular formula is C45H44N4O2. The van der Waals surface area contributed by atoms with Crippen molar-refractivity contribution in [1.29, 1.82) is 0 Å². The standard InChI is InChI=1S/C45H44N4O2/c1-50-35-24-25-46-44(28-35)49-42-21-9-8-18-40(42)41-23-22-37(27-43(41)49)51-36-17-10-16-34(26-36)48-30-33(29-47-48)45-38(31-12-4-2-5-13-31)19-11-20-39(45)32-14-6-3-7-15-32/h8-11,16-32H,2-7,12-15H2,1H3. The van der Waals surface area contributed by atoms with Gasteiger partial charge in [-0.2, -0.15) is 5.10 Å². The van der Waals surface area contributed by atoms with Gasteiger partial charge in [0.2, 0.25) is 0 Å². The smallest absolute Gasteiger partial charge is 0.141 e. The number of hydrogen-bond donors (Lipinski definition) is 0. The van der Waals surface area contributed by atoms with Gasteiger partial charge in [0.05, 0.1) is 30.0 Å².